The molecule has 4 unspecified atom stereocenters. The van der Waals surface area contributed by atoms with Crippen LogP contribution >= 0.6 is 11.8 Å². The van der Waals surface area contributed by atoms with Gasteiger partial charge in [-0.05, 0) is 25.7 Å². The molecular weight excluding hydrogens is 276 g/mol. The third kappa shape index (κ3) is 2.90. The van der Waals surface area contributed by atoms with Gasteiger partial charge >= 0.3 is 12.0 Å². The van der Waals surface area contributed by atoms with Crippen molar-refractivity contribution >= 4 is 23.8 Å². The fourth-order valence-corrected chi connectivity index (χ4v) is 4.48. The first-order valence-electron chi connectivity index (χ1n) is 7.33. The molecule has 1 saturated carbocycles. The van der Waals surface area contributed by atoms with Gasteiger partial charge in [0.05, 0.1) is 5.37 Å². The lowest BCUT2D eigenvalue weighted by Crippen LogP contribution is -2.54. The number of hydrogen-bond donors (Lipinski definition) is 1. The van der Waals surface area contributed by atoms with Crippen molar-refractivity contribution in [1.29, 1.82) is 0 Å². The maximum atomic E-state index is 12.7. The van der Waals surface area contributed by atoms with Crippen molar-refractivity contribution in [2.75, 3.05) is 12.8 Å². The lowest BCUT2D eigenvalue weighted by atomic mass is 9.85. The molecule has 114 valence electrons. The number of urea groups is 1. The molecule has 1 aliphatic heterocycles. The molecule has 0 aromatic carbocycles. The summed E-state index contributed by atoms with van der Waals surface area (Å²) in [6.07, 6.45) is 4.55. The zero-order valence-electron chi connectivity index (χ0n) is 12.4. The Labute approximate surface area is 124 Å². The maximum absolute atomic E-state index is 12.7. The summed E-state index contributed by atoms with van der Waals surface area (Å²) in [6.45, 7) is 4.09. The Kier molecular flexibility index (Phi) is 4.83. The lowest BCUT2D eigenvalue weighted by Gasteiger charge is -2.39. The lowest BCUT2D eigenvalue weighted by molar-refractivity contribution is -0.141. The van der Waals surface area contributed by atoms with Crippen LogP contribution in [-0.4, -0.2) is 57.2 Å². The summed E-state index contributed by atoms with van der Waals surface area (Å²) in [4.78, 5) is 27.3. The number of aliphatic carboxylic acids is 1. The highest BCUT2D eigenvalue weighted by Crippen LogP contribution is 2.33. The highest BCUT2D eigenvalue weighted by atomic mass is 32.2. The molecule has 1 N–H and O–H groups in total. The Morgan fingerprint density at radius 1 is 1.25 bits per heavy atom. The molecule has 0 spiro atoms. The molecule has 4 atom stereocenters. The first-order chi connectivity index (χ1) is 9.43. The second-order valence-corrected chi connectivity index (χ2v) is 7.27. The van der Waals surface area contributed by atoms with Gasteiger partial charge in [0.25, 0.3) is 0 Å². The van der Waals surface area contributed by atoms with Gasteiger partial charge in [0.2, 0.25) is 0 Å². The van der Waals surface area contributed by atoms with Crippen LogP contribution in [0.4, 0.5) is 4.79 Å². The van der Waals surface area contributed by atoms with Crippen molar-refractivity contribution in [3.8, 4) is 0 Å². The minimum absolute atomic E-state index is 0.0649. The molecule has 2 amide bonds. The fourth-order valence-electron chi connectivity index (χ4n) is 3.32. The zero-order valence-corrected chi connectivity index (χ0v) is 13.2. The molecule has 2 fully saturated rings. The Balaban J connectivity index is 2.10. The molecule has 1 saturated heterocycles. The van der Waals surface area contributed by atoms with E-state index in [0.29, 0.717) is 11.7 Å². The SMILES string of the molecule is CC1CCCCC1N(C)C(=O)N1C(C)SCC1C(=O)O. The minimum atomic E-state index is -0.903. The van der Waals surface area contributed by atoms with Crippen LogP contribution in [0.1, 0.15) is 39.5 Å². The summed E-state index contributed by atoms with van der Waals surface area (Å²) in [5.41, 5.74) is 0. The van der Waals surface area contributed by atoms with E-state index in [4.69, 9.17) is 0 Å². The van der Waals surface area contributed by atoms with E-state index in [9.17, 15) is 14.7 Å². The maximum Gasteiger partial charge on any atom is 0.327 e. The Bertz CT molecular complexity index is 391. The van der Waals surface area contributed by atoms with Crippen molar-refractivity contribution in [1.82, 2.24) is 9.80 Å². The molecule has 20 heavy (non-hydrogen) atoms. The zero-order chi connectivity index (χ0) is 14.9. The summed E-state index contributed by atoms with van der Waals surface area (Å²) in [5, 5.41) is 9.20. The Morgan fingerprint density at radius 2 is 1.90 bits per heavy atom. The molecule has 1 heterocycles. The van der Waals surface area contributed by atoms with Crippen LogP contribution in [0.15, 0.2) is 0 Å². The van der Waals surface area contributed by atoms with E-state index < -0.39 is 12.0 Å². The number of carboxylic acids is 1. The Morgan fingerprint density at radius 3 is 2.50 bits per heavy atom. The number of nitrogens with zero attached hydrogens (tertiary/aromatic N) is 2. The fraction of sp³-hybridized carbons (Fsp3) is 0.857. The van der Waals surface area contributed by atoms with Gasteiger partial charge in [-0.25, -0.2) is 9.59 Å². The third-order valence-electron chi connectivity index (χ3n) is 4.59. The molecule has 2 aliphatic rings. The highest BCUT2D eigenvalue weighted by Gasteiger charge is 2.42. The van der Waals surface area contributed by atoms with Gasteiger partial charge in [0, 0.05) is 18.8 Å². The van der Waals surface area contributed by atoms with Crippen LogP contribution in [0.25, 0.3) is 0 Å². The smallest absolute Gasteiger partial charge is 0.327 e. The van der Waals surface area contributed by atoms with E-state index >= 15 is 0 Å². The number of thioether (sulfide) groups is 1. The molecule has 0 aromatic heterocycles. The number of carboxylic acid groups (broad SMARTS) is 1. The average Bonchev–Trinajstić information content (AvgIpc) is 2.80. The quantitative estimate of drug-likeness (QED) is 0.851. The first-order valence-corrected chi connectivity index (χ1v) is 8.38. The van der Waals surface area contributed by atoms with E-state index in [2.05, 4.69) is 6.92 Å². The van der Waals surface area contributed by atoms with E-state index in [-0.39, 0.29) is 17.4 Å². The van der Waals surface area contributed by atoms with Crippen LogP contribution in [0, 0.1) is 5.92 Å². The number of hydrogen-bond acceptors (Lipinski definition) is 3. The largest absolute Gasteiger partial charge is 0.480 e. The third-order valence-corrected chi connectivity index (χ3v) is 5.81. The number of carbonyl (C=O) groups is 2. The van der Waals surface area contributed by atoms with Crippen molar-refractivity contribution in [2.45, 2.75) is 57.0 Å². The standard InChI is InChI=1S/C14H24N2O3S/c1-9-6-4-5-7-11(9)15(3)14(19)16-10(2)20-8-12(16)13(17)18/h9-12H,4-8H2,1-3H3,(H,17,18). The molecule has 0 bridgehead atoms. The monoisotopic (exact) mass is 300 g/mol. The van der Waals surface area contributed by atoms with E-state index in [1.165, 1.54) is 23.1 Å². The Hall–Kier alpha value is -0.910. The van der Waals surface area contributed by atoms with Crippen LogP contribution in [-0.2, 0) is 4.79 Å². The van der Waals surface area contributed by atoms with Gasteiger partial charge in [-0.3, -0.25) is 4.90 Å². The second-order valence-electron chi connectivity index (χ2n) is 5.92. The minimum Gasteiger partial charge on any atom is -0.480 e. The van der Waals surface area contributed by atoms with Gasteiger partial charge in [-0.15, -0.1) is 11.8 Å². The highest BCUT2D eigenvalue weighted by molar-refractivity contribution is 8.00. The van der Waals surface area contributed by atoms with Crippen molar-refractivity contribution < 1.29 is 14.7 Å². The van der Waals surface area contributed by atoms with Gasteiger partial charge in [0.15, 0.2) is 0 Å². The molecule has 0 radical (unpaired) electrons. The molecule has 5 nitrogen and oxygen atoms in total. The summed E-state index contributed by atoms with van der Waals surface area (Å²) in [6, 6.07) is -0.582. The van der Waals surface area contributed by atoms with Crippen molar-refractivity contribution in [3.05, 3.63) is 0 Å². The van der Waals surface area contributed by atoms with Crippen LogP contribution in [0.5, 0.6) is 0 Å². The van der Waals surface area contributed by atoms with Gasteiger partial charge in [-0.1, -0.05) is 19.8 Å². The first kappa shape index (κ1) is 15.5. The summed E-state index contributed by atoms with van der Waals surface area (Å²) in [7, 11) is 1.82. The van der Waals surface area contributed by atoms with E-state index in [1.54, 1.807) is 4.90 Å². The number of rotatable bonds is 2. The molecule has 1 aliphatic carbocycles. The van der Waals surface area contributed by atoms with E-state index in [1.807, 2.05) is 14.0 Å². The number of amides is 2. The van der Waals surface area contributed by atoms with Gasteiger partial charge in [-0.2, -0.15) is 0 Å². The van der Waals surface area contributed by atoms with Crippen LogP contribution in [0.3, 0.4) is 0 Å². The van der Waals surface area contributed by atoms with Crippen LogP contribution < -0.4 is 0 Å². The molecule has 0 aromatic rings. The predicted octanol–water partition coefficient (Wildman–Crippen LogP) is 2.46. The van der Waals surface area contributed by atoms with E-state index in [0.717, 1.165) is 19.3 Å². The number of carbonyl (C=O) groups excluding carboxylic acids is 1. The predicted molar refractivity (Wildman–Crippen MR) is 79.8 cm³/mol. The molecule has 6 heteroatoms. The summed E-state index contributed by atoms with van der Waals surface area (Å²) in [5.74, 6) is 0.0721. The van der Waals surface area contributed by atoms with Crippen molar-refractivity contribution in [2.24, 2.45) is 5.92 Å². The normalized spacial score (nSPS) is 34.0. The second kappa shape index (κ2) is 6.24. The van der Waals surface area contributed by atoms with Crippen LogP contribution in [0.2, 0.25) is 0 Å². The van der Waals surface area contributed by atoms with Gasteiger partial charge in [0.1, 0.15) is 6.04 Å². The van der Waals surface area contributed by atoms with Gasteiger partial charge < -0.3 is 10.0 Å². The molecular formula is C14H24N2O3S. The average molecular weight is 300 g/mol. The molecule has 2 rings (SSSR count). The topological polar surface area (TPSA) is 60.9 Å². The summed E-state index contributed by atoms with van der Waals surface area (Å²) >= 11 is 1.53. The van der Waals surface area contributed by atoms with Crippen molar-refractivity contribution in [3.63, 3.8) is 0 Å². The summed E-state index contributed by atoms with van der Waals surface area (Å²) < 4.78 is 0.